The Morgan fingerprint density at radius 3 is 2.54 bits per heavy atom. The summed E-state index contributed by atoms with van der Waals surface area (Å²) in [4.78, 5) is 35.9. The number of aliphatic hydroxyl groups is 1. The van der Waals surface area contributed by atoms with Crippen molar-refractivity contribution < 1.29 is 24.2 Å². The maximum atomic E-state index is 12.8. The number of carbonyl (C=O) groups is 3. The number of carbonyl (C=O) groups excluding carboxylic acids is 3. The van der Waals surface area contributed by atoms with Gasteiger partial charge in [0.15, 0.2) is 12.4 Å². The first-order valence-electron chi connectivity index (χ1n) is 10.7. The van der Waals surface area contributed by atoms with Crippen LogP contribution in [0, 0.1) is 28.6 Å². The zero-order valence-electron chi connectivity index (χ0n) is 17.3. The number of ether oxygens (including phenoxy) is 1. The Bertz CT molecular complexity index is 754. The van der Waals surface area contributed by atoms with Gasteiger partial charge >= 0.3 is 5.97 Å². The molecule has 28 heavy (non-hydrogen) atoms. The predicted octanol–water partition coefficient (Wildman–Crippen LogP) is 3.38. The number of allylic oxidation sites excluding steroid dienone is 1. The molecule has 4 aliphatic carbocycles. The minimum absolute atomic E-state index is 0.0839. The summed E-state index contributed by atoms with van der Waals surface area (Å²) >= 11 is 0. The van der Waals surface area contributed by atoms with Crippen LogP contribution in [-0.2, 0) is 19.1 Å². The molecule has 0 aromatic rings. The molecule has 4 aliphatic rings. The summed E-state index contributed by atoms with van der Waals surface area (Å²) in [5.41, 5.74) is -0.459. The normalized spacial score (nSPS) is 44.8. The van der Waals surface area contributed by atoms with Crippen molar-refractivity contribution in [2.75, 3.05) is 6.61 Å². The molecule has 0 aliphatic heterocycles. The molecule has 0 saturated heterocycles. The second-order valence-electron chi connectivity index (χ2n) is 10.0. The van der Waals surface area contributed by atoms with Crippen molar-refractivity contribution in [3.05, 3.63) is 11.6 Å². The van der Waals surface area contributed by atoms with Gasteiger partial charge in [0.05, 0.1) is 0 Å². The van der Waals surface area contributed by atoms with Gasteiger partial charge in [-0.3, -0.25) is 14.4 Å². The fourth-order valence-corrected chi connectivity index (χ4v) is 7.32. The van der Waals surface area contributed by atoms with Crippen LogP contribution in [0.1, 0.15) is 72.1 Å². The van der Waals surface area contributed by atoms with E-state index in [2.05, 4.69) is 13.8 Å². The van der Waals surface area contributed by atoms with E-state index in [-0.39, 0.29) is 23.6 Å². The van der Waals surface area contributed by atoms with E-state index in [1.165, 1.54) is 12.5 Å². The molecule has 3 saturated carbocycles. The van der Waals surface area contributed by atoms with E-state index in [9.17, 15) is 19.5 Å². The lowest BCUT2D eigenvalue weighted by Gasteiger charge is -2.58. The summed E-state index contributed by atoms with van der Waals surface area (Å²) in [6.07, 6.45) is 8.53. The first kappa shape index (κ1) is 19.8. The lowest BCUT2D eigenvalue weighted by molar-refractivity contribution is -0.169. The monoisotopic (exact) mass is 388 g/mol. The van der Waals surface area contributed by atoms with E-state index in [0.29, 0.717) is 30.6 Å². The molecule has 0 amide bonds. The van der Waals surface area contributed by atoms with Crippen LogP contribution >= 0.6 is 0 Å². The molecule has 3 fully saturated rings. The molecule has 0 aromatic heterocycles. The first-order valence-corrected chi connectivity index (χ1v) is 10.7. The molecule has 0 bridgehead atoms. The lowest BCUT2D eigenvalue weighted by Crippen LogP contribution is -2.58. The third kappa shape index (κ3) is 2.65. The van der Waals surface area contributed by atoms with Crippen LogP contribution in [0.2, 0.25) is 0 Å². The summed E-state index contributed by atoms with van der Waals surface area (Å²) in [6.45, 7) is 5.35. The summed E-state index contributed by atoms with van der Waals surface area (Å²) in [7, 11) is 0. The Morgan fingerprint density at radius 1 is 1.11 bits per heavy atom. The van der Waals surface area contributed by atoms with Crippen LogP contribution in [0.25, 0.3) is 0 Å². The Hall–Kier alpha value is -1.49. The number of hydrogen-bond acceptors (Lipinski definition) is 5. The van der Waals surface area contributed by atoms with Crippen molar-refractivity contribution in [1.82, 2.24) is 0 Å². The van der Waals surface area contributed by atoms with Crippen molar-refractivity contribution in [3.63, 3.8) is 0 Å². The van der Waals surface area contributed by atoms with Gasteiger partial charge in [0.25, 0.3) is 0 Å². The molecule has 0 aromatic carbocycles. The van der Waals surface area contributed by atoms with Gasteiger partial charge < -0.3 is 9.84 Å². The Balaban J connectivity index is 1.60. The Labute approximate surface area is 166 Å². The first-order chi connectivity index (χ1) is 13.1. The van der Waals surface area contributed by atoms with Crippen molar-refractivity contribution in [1.29, 1.82) is 0 Å². The maximum Gasteiger partial charge on any atom is 0.303 e. The summed E-state index contributed by atoms with van der Waals surface area (Å²) in [5, 5.41) is 11.5. The fourth-order valence-electron chi connectivity index (χ4n) is 7.32. The quantitative estimate of drug-likeness (QED) is 0.750. The predicted molar refractivity (Wildman–Crippen MR) is 103 cm³/mol. The fraction of sp³-hybridized carbons (Fsp3) is 0.783. The standard InChI is InChI=1S/C23H32O5/c1-14(24)28-13-20(26)23(27)11-8-19-17-5-4-15-12-16(25)6-9-21(15,2)18(17)7-10-22(19,23)3/h12,17-19,27H,4-11,13H2,1-3H3/t17-,18+,19+,21-,22-,23+/m0/s1. The zero-order chi connectivity index (χ0) is 20.3. The van der Waals surface area contributed by atoms with Crippen LogP contribution in [0.5, 0.6) is 0 Å². The number of ketones is 2. The number of Topliss-reactive ketones (excluding diaryl/α,β-unsaturated/α-hetero) is 1. The minimum atomic E-state index is -1.41. The van der Waals surface area contributed by atoms with Crippen LogP contribution in [-0.4, -0.2) is 34.9 Å². The van der Waals surface area contributed by atoms with Gasteiger partial charge in [-0.15, -0.1) is 0 Å². The number of fused-ring (bicyclic) bond motifs is 5. The smallest absolute Gasteiger partial charge is 0.303 e. The van der Waals surface area contributed by atoms with Gasteiger partial charge in [-0.1, -0.05) is 19.4 Å². The molecule has 4 rings (SSSR count). The SMILES string of the molecule is CC(=O)OCC(=O)[C@]1(O)CC[C@@H]2[C@H]3CCC4=CC(=O)CC[C@]4(C)[C@@H]3CC[C@@]21C. The summed E-state index contributed by atoms with van der Waals surface area (Å²) in [5.74, 6) is 0.712. The second-order valence-corrected chi connectivity index (χ2v) is 10.0. The highest BCUT2D eigenvalue weighted by Crippen LogP contribution is 2.67. The second kappa shape index (κ2) is 6.51. The maximum absolute atomic E-state index is 12.8. The van der Waals surface area contributed by atoms with Gasteiger partial charge in [0.1, 0.15) is 5.60 Å². The average Bonchev–Trinajstić information content (AvgIpc) is 2.92. The minimum Gasteiger partial charge on any atom is -0.458 e. The van der Waals surface area contributed by atoms with Crippen molar-refractivity contribution in [3.8, 4) is 0 Å². The molecule has 1 N–H and O–H groups in total. The highest BCUT2D eigenvalue weighted by atomic mass is 16.5. The van der Waals surface area contributed by atoms with Crippen molar-refractivity contribution in [2.45, 2.75) is 77.7 Å². The van der Waals surface area contributed by atoms with Gasteiger partial charge in [0, 0.05) is 18.8 Å². The molecule has 154 valence electrons. The molecular weight excluding hydrogens is 356 g/mol. The lowest BCUT2D eigenvalue weighted by atomic mass is 9.46. The van der Waals surface area contributed by atoms with Gasteiger partial charge in [-0.05, 0) is 74.2 Å². The van der Waals surface area contributed by atoms with Crippen LogP contribution in [0.3, 0.4) is 0 Å². The zero-order valence-corrected chi connectivity index (χ0v) is 17.3. The molecular formula is C23H32O5. The van der Waals surface area contributed by atoms with E-state index < -0.39 is 17.0 Å². The van der Waals surface area contributed by atoms with Gasteiger partial charge in [-0.2, -0.15) is 0 Å². The number of esters is 1. The average molecular weight is 389 g/mol. The number of rotatable bonds is 3. The largest absolute Gasteiger partial charge is 0.458 e. The molecule has 5 heteroatoms. The summed E-state index contributed by atoms with van der Waals surface area (Å²) in [6, 6.07) is 0. The van der Waals surface area contributed by atoms with Crippen molar-refractivity contribution in [2.24, 2.45) is 28.6 Å². The third-order valence-electron chi connectivity index (χ3n) is 8.98. The van der Waals surface area contributed by atoms with E-state index in [0.717, 1.165) is 38.5 Å². The van der Waals surface area contributed by atoms with Crippen molar-refractivity contribution >= 4 is 17.5 Å². The molecule has 0 spiro atoms. The molecule has 0 radical (unpaired) electrons. The van der Waals surface area contributed by atoms with E-state index in [1.54, 1.807) is 0 Å². The Kier molecular flexibility index (Phi) is 4.61. The van der Waals surface area contributed by atoms with Crippen LogP contribution < -0.4 is 0 Å². The molecule has 6 atom stereocenters. The summed E-state index contributed by atoms with van der Waals surface area (Å²) < 4.78 is 4.92. The highest BCUT2D eigenvalue weighted by molar-refractivity contribution is 5.92. The van der Waals surface area contributed by atoms with Crippen LogP contribution in [0.15, 0.2) is 11.6 Å². The van der Waals surface area contributed by atoms with Gasteiger partial charge in [-0.25, -0.2) is 0 Å². The molecule has 0 heterocycles. The van der Waals surface area contributed by atoms with E-state index >= 15 is 0 Å². The van der Waals surface area contributed by atoms with E-state index in [1.807, 2.05) is 6.08 Å². The van der Waals surface area contributed by atoms with Crippen LogP contribution in [0.4, 0.5) is 0 Å². The topological polar surface area (TPSA) is 80.7 Å². The number of hydrogen-bond donors (Lipinski definition) is 1. The highest BCUT2D eigenvalue weighted by Gasteiger charge is 2.66. The Morgan fingerprint density at radius 2 is 1.82 bits per heavy atom. The van der Waals surface area contributed by atoms with Gasteiger partial charge in [0.2, 0.25) is 5.78 Å². The molecule has 0 unspecified atom stereocenters. The third-order valence-corrected chi connectivity index (χ3v) is 8.98. The molecule has 5 nitrogen and oxygen atoms in total. The van der Waals surface area contributed by atoms with E-state index in [4.69, 9.17) is 4.74 Å².